The van der Waals surface area contributed by atoms with Gasteiger partial charge < -0.3 is 11.1 Å². The van der Waals surface area contributed by atoms with Crippen LogP contribution < -0.4 is 11.1 Å². The molecule has 0 spiro atoms. The molecule has 2 aliphatic carbocycles. The molecule has 2 nitrogen and oxygen atoms in total. The van der Waals surface area contributed by atoms with Gasteiger partial charge in [0.1, 0.15) is 0 Å². The molecule has 1 saturated carbocycles. The Hall–Kier alpha value is -0.340. The van der Waals surface area contributed by atoms with E-state index >= 15 is 0 Å². The molecule has 2 atom stereocenters. The van der Waals surface area contributed by atoms with Gasteiger partial charge in [0.2, 0.25) is 0 Å². The topological polar surface area (TPSA) is 38.0 Å². The second-order valence-electron chi connectivity index (χ2n) is 4.15. The van der Waals surface area contributed by atoms with E-state index in [1.807, 2.05) is 0 Å². The Morgan fingerprint density at radius 3 is 2.67 bits per heavy atom. The van der Waals surface area contributed by atoms with E-state index < -0.39 is 0 Å². The first kappa shape index (κ1) is 8.27. The molecule has 68 valence electrons. The minimum absolute atomic E-state index is 0.317. The van der Waals surface area contributed by atoms with Crippen molar-refractivity contribution < 1.29 is 0 Å². The third-order valence-electron chi connectivity index (χ3n) is 2.74. The molecule has 2 rings (SSSR count). The van der Waals surface area contributed by atoms with Gasteiger partial charge in [0, 0.05) is 12.6 Å². The summed E-state index contributed by atoms with van der Waals surface area (Å²) in [5, 5.41) is 3.50. The van der Waals surface area contributed by atoms with Crippen LogP contribution in [0.5, 0.6) is 0 Å². The first-order chi connectivity index (χ1) is 5.84. The lowest BCUT2D eigenvalue weighted by Gasteiger charge is -2.09. The molecule has 0 aromatic rings. The van der Waals surface area contributed by atoms with E-state index in [-0.39, 0.29) is 0 Å². The van der Waals surface area contributed by atoms with Gasteiger partial charge in [0.15, 0.2) is 0 Å². The second kappa shape index (κ2) is 3.58. The molecular weight excluding hydrogens is 148 g/mol. The predicted octanol–water partition coefficient (Wildman–Crippen LogP) is 0.889. The highest BCUT2D eigenvalue weighted by Crippen LogP contribution is 2.27. The van der Waals surface area contributed by atoms with Crippen LogP contribution in [0.1, 0.15) is 19.3 Å². The summed E-state index contributed by atoms with van der Waals surface area (Å²) in [6.07, 6.45) is 8.39. The van der Waals surface area contributed by atoms with Gasteiger partial charge in [-0.05, 0) is 37.6 Å². The summed E-state index contributed by atoms with van der Waals surface area (Å²) < 4.78 is 0. The molecule has 0 aromatic carbocycles. The summed E-state index contributed by atoms with van der Waals surface area (Å²) in [5.74, 6) is 1.68. The Bertz CT molecular complexity index is 173. The summed E-state index contributed by atoms with van der Waals surface area (Å²) >= 11 is 0. The van der Waals surface area contributed by atoms with Crippen molar-refractivity contribution in [3.8, 4) is 0 Å². The molecule has 2 unspecified atom stereocenters. The Morgan fingerprint density at radius 1 is 1.25 bits per heavy atom. The molecule has 2 aliphatic rings. The first-order valence-corrected chi connectivity index (χ1v) is 4.99. The molecule has 0 radical (unpaired) electrons. The van der Waals surface area contributed by atoms with Crippen molar-refractivity contribution >= 4 is 0 Å². The number of rotatable bonds is 4. The van der Waals surface area contributed by atoms with Crippen LogP contribution in [0.2, 0.25) is 0 Å². The molecule has 0 amide bonds. The smallest absolute Gasteiger partial charge is 0.0229 e. The SMILES string of the molecule is NC1C=CC(CNCC2CC2)C1. The van der Waals surface area contributed by atoms with Gasteiger partial charge in [-0.3, -0.25) is 0 Å². The summed E-state index contributed by atoms with van der Waals surface area (Å²) in [6, 6.07) is 0.317. The first-order valence-electron chi connectivity index (χ1n) is 4.99. The van der Waals surface area contributed by atoms with Crippen molar-refractivity contribution in [3.05, 3.63) is 12.2 Å². The fourth-order valence-electron chi connectivity index (χ4n) is 1.75. The molecule has 0 aromatic heterocycles. The molecule has 12 heavy (non-hydrogen) atoms. The minimum atomic E-state index is 0.317. The van der Waals surface area contributed by atoms with Gasteiger partial charge in [-0.25, -0.2) is 0 Å². The molecule has 2 heteroatoms. The Balaban J connectivity index is 1.57. The van der Waals surface area contributed by atoms with Crippen molar-refractivity contribution in [2.75, 3.05) is 13.1 Å². The minimum Gasteiger partial charge on any atom is -0.324 e. The van der Waals surface area contributed by atoms with Crippen molar-refractivity contribution in [3.63, 3.8) is 0 Å². The van der Waals surface area contributed by atoms with E-state index in [4.69, 9.17) is 5.73 Å². The lowest BCUT2D eigenvalue weighted by Crippen LogP contribution is -2.25. The van der Waals surface area contributed by atoms with Crippen molar-refractivity contribution in [1.82, 2.24) is 5.32 Å². The summed E-state index contributed by atoms with van der Waals surface area (Å²) in [5.41, 5.74) is 5.75. The van der Waals surface area contributed by atoms with Gasteiger partial charge in [-0.2, -0.15) is 0 Å². The standard InChI is InChI=1S/C10H18N2/c11-10-4-3-9(5-10)7-12-6-8-1-2-8/h3-4,8-10,12H,1-2,5-7,11H2. The van der Waals surface area contributed by atoms with Crippen LogP contribution in [-0.2, 0) is 0 Å². The third-order valence-corrected chi connectivity index (χ3v) is 2.74. The Kier molecular flexibility index (Phi) is 2.47. The molecular formula is C10H18N2. The zero-order valence-corrected chi connectivity index (χ0v) is 7.50. The lowest BCUT2D eigenvalue weighted by molar-refractivity contribution is 0.517. The second-order valence-corrected chi connectivity index (χ2v) is 4.15. The van der Waals surface area contributed by atoms with E-state index in [1.54, 1.807) is 0 Å². The van der Waals surface area contributed by atoms with Crippen LogP contribution in [-0.4, -0.2) is 19.1 Å². The Labute approximate surface area is 74.2 Å². The van der Waals surface area contributed by atoms with Crippen molar-refractivity contribution in [2.45, 2.75) is 25.3 Å². The molecule has 1 fully saturated rings. The van der Waals surface area contributed by atoms with Gasteiger partial charge in [0.05, 0.1) is 0 Å². The summed E-state index contributed by atoms with van der Waals surface area (Å²) in [6.45, 7) is 2.35. The highest BCUT2D eigenvalue weighted by molar-refractivity contribution is 5.05. The molecule has 0 bridgehead atoms. The maximum atomic E-state index is 5.75. The molecule has 0 heterocycles. The van der Waals surface area contributed by atoms with Gasteiger partial charge in [-0.1, -0.05) is 12.2 Å². The Morgan fingerprint density at radius 2 is 2.08 bits per heavy atom. The fraction of sp³-hybridized carbons (Fsp3) is 0.800. The van der Waals surface area contributed by atoms with Crippen molar-refractivity contribution in [2.24, 2.45) is 17.6 Å². The lowest BCUT2D eigenvalue weighted by atomic mass is 10.1. The average molecular weight is 166 g/mol. The van der Waals surface area contributed by atoms with E-state index in [0.717, 1.165) is 18.9 Å². The zero-order chi connectivity index (χ0) is 8.39. The van der Waals surface area contributed by atoms with Crippen LogP contribution >= 0.6 is 0 Å². The molecule has 0 saturated heterocycles. The quantitative estimate of drug-likeness (QED) is 0.609. The van der Waals surface area contributed by atoms with Crippen LogP contribution in [0.25, 0.3) is 0 Å². The van der Waals surface area contributed by atoms with E-state index in [2.05, 4.69) is 17.5 Å². The fourth-order valence-corrected chi connectivity index (χ4v) is 1.75. The highest BCUT2D eigenvalue weighted by atomic mass is 14.9. The summed E-state index contributed by atoms with van der Waals surface area (Å²) in [7, 11) is 0. The van der Waals surface area contributed by atoms with E-state index in [1.165, 1.54) is 19.4 Å². The normalized spacial score (nSPS) is 34.4. The maximum absolute atomic E-state index is 5.75. The summed E-state index contributed by atoms with van der Waals surface area (Å²) in [4.78, 5) is 0. The zero-order valence-electron chi connectivity index (χ0n) is 7.50. The van der Waals surface area contributed by atoms with E-state index in [0.29, 0.717) is 12.0 Å². The number of hydrogen-bond acceptors (Lipinski definition) is 2. The van der Waals surface area contributed by atoms with Crippen molar-refractivity contribution in [1.29, 1.82) is 0 Å². The van der Waals surface area contributed by atoms with Crippen LogP contribution in [0.4, 0.5) is 0 Å². The van der Waals surface area contributed by atoms with E-state index in [9.17, 15) is 0 Å². The maximum Gasteiger partial charge on any atom is 0.0229 e. The highest BCUT2D eigenvalue weighted by Gasteiger charge is 2.21. The van der Waals surface area contributed by atoms with Gasteiger partial charge >= 0.3 is 0 Å². The van der Waals surface area contributed by atoms with Crippen LogP contribution in [0.15, 0.2) is 12.2 Å². The van der Waals surface area contributed by atoms with Crippen LogP contribution in [0.3, 0.4) is 0 Å². The number of nitrogens with two attached hydrogens (primary N) is 1. The van der Waals surface area contributed by atoms with Gasteiger partial charge in [0.25, 0.3) is 0 Å². The molecule has 3 N–H and O–H groups in total. The predicted molar refractivity (Wildman–Crippen MR) is 50.8 cm³/mol. The van der Waals surface area contributed by atoms with Crippen LogP contribution in [0, 0.1) is 11.8 Å². The largest absolute Gasteiger partial charge is 0.324 e. The number of nitrogens with one attached hydrogen (secondary N) is 1. The molecule has 0 aliphatic heterocycles. The van der Waals surface area contributed by atoms with Gasteiger partial charge in [-0.15, -0.1) is 0 Å². The monoisotopic (exact) mass is 166 g/mol. The number of hydrogen-bond donors (Lipinski definition) is 2. The third kappa shape index (κ3) is 2.32. The average Bonchev–Trinajstić information content (AvgIpc) is 2.76.